The van der Waals surface area contributed by atoms with Gasteiger partial charge in [0, 0.05) is 11.3 Å². The van der Waals surface area contributed by atoms with Crippen LogP contribution in [0, 0.1) is 5.82 Å². The SMILES string of the molecule is C=CC(=O)Nc1cc(NC(=O)c2cc(-c3ccoc3)n[nH]2)ccc1F. The highest BCUT2D eigenvalue weighted by Crippen LogP contribution is 2.21. The Morgan fingerprint density at radius 2 is 2.08 bits per heavy atom. The van der Waals surface area contributed by atoms with Crippen LogP contribution in [0.25, 0.3) is 11.3 Å². The fraction of sp³-hybridized carbons (Fsp3) is 0. The van der Waals surface area contributed by atoms with E-state index in [0.29, 0.717) is 11.4 Å². The number of nitrogens with one attached hydrogen (secondary N) is 3. The average Bonchev–Trinajstić information content (AvgIpc) is 3.28. The Kier molecular flexibility index (Phi) is 4.42. The third-order valence-electron chi connectivity index (χ3n) is 3.31. The Morgan fingerprint density at radius 1 is 1.24 bits per heavy atom. The second-order valence-electron chi connectivity index (χ2n) is 5.02. The van der Waals surface area contributed by atoms with E-state index in [-0.39, 0.29) is 11.4 Å². The maximum absolute atomic E-state index is 13.7. The number of aromatic amines is 1. The normalized spacial score (nSPS) is 10.3. The Labute approximate surface area is 141 Å². The molecule has 0 spiro atoms. The van der Waals surface area contributed by atoms with Crippen molar-refractivity contribution >= 4 is 23.2 Å². The van der Waals surface area contributed by atoms with Gasteiger partial charge in [-0.1, -0.05) is 6.58 Å². The number of H-pyrrole nitrogens is 1. The van der Waals surface area contributed by atoms with Gasteiger partial charge in [-0.05, 0) is 36.4 Å². The maximum atomic E-state index is 13.7. The molecule has 0 saturated heterocycles. The summed E-state index contributed by atoms with van der Waals surface area (Å²) in [7, 11) is 0. The van der Waals surface area contributed by atoms with Gasteiger partial charge >= 0.3 is 0 Å². The molecule has 0 saturated carbocycles. The summed E-state index contributed by atoms with van der Waals surface area (Å²) in [4.78, 5) is 23.6. The fourth-order valence-corrected chi connectivity index (χ4v) is 2.08. The van der Waals surface area contributed by atoms with Gasteiger partial charge in [0.2, 0.25) is 5.91 Å². The quantitative estimate of drug-likeness (QED) is 0.621. The number of hydrogen-bond donors (Lipinski definition) is 3. The fourth-order valence-electron chi connectivity index (χ4n) is 2.08. The molecule has 3 N–H and O–H groups in total. The number of furan rings is 1. The molecule has 8 heteroatoms. The minimum atomic E-state index is -0.628. The van der Waals surface area contributed by atoms with E-state index in [1.54, 1.807) is 12.1 Å². The summed E-state index contributed by atoms with van der Waals surface area (Å²) in [6, 6.07) is 7.10. The molecule has 0 radical (unpaired) electrons. The average molecular weight is 340 g/mol. The number of carbonyl (C=O) groups is 2. The van der Waals surface area contributed by atoms with Crippen LogP contribution >= 0.6 is 0 Å². The maximum Gasteiger partial charge on any atom is 0.273 e. The van der Waals surface area contributed by atoms with Crippen LogP contribution in [0.15, 0.2) is 59.9 Å². The second-order valence-corrected chi connectivity index (χ2v) is 5.02. The van der Waals surface area contributed by atoms with E-state index >= 15 is 0 Å². The lowest BCUT2D eigenvalue weighted by Crippen LogP contribution is -2.14. The van der Waals surface area contributed by atoms with Crippen LogP contribution in [0.5, 0.6) is 0 Å². The molecule has 0 aliphatic rings. The van der Waals surface area contributed by atoms with Crippen molar-refractivity contribution in [2.24, 2.45) is 0 Å². The number of rotatable bonds is 5. The van der Waals surface area contributed by atoms with Crippen molar-refractivity contribution in [1.82, 2.24) is 10.2 Å². The van der Waals surface area contributed by atoms with Gasteiger partial charge in [0.15, 0.2) is 0 Å². The summed E-state index contributed by atoms with van der Waals surface area (Å²) >= 11 is 0. The van der Waals surface area contributed by atoms with Crippen molar-refractivity contribution in [3.63, 3.8) is 0 Å². The molecule has 2 heterocycles. The van der Waals surface area contributed by atoms with Crippen molar-refractivity contribution in [3.8, 4) is 11.3 Å². The number of amides is 2. The number of carbonyl (C=O) groups excluding carboxylic acids is 2. The van der Waals surface area contributed by atoms with Crippen LogP contribution in [0.1, 0.15) is 10.5 Å². The molecule has 1 aromatic carbocycles. The van der Waals surface area contributed by atoms with Gasteiger partial charge in [-0.3, -0.25) is 14.7 Å². The standard InChI is InChI=1S/C17H13FN4O3/c1-2-16(23)20-14-7-11(3-4-12(14)18)19-17(24)15-8-13(21-22-15)10-5-6-25-9-10/h2-9H,1H2,(H,19,24)(H,20,23)(H,21,22). The summed E-state index contributed by atoms with van der Waals surface area (Å²) in [5, 5.41) is 11.6. The number of aromatic nitrogens is 2. The third-order valence-corrected chi connectivity index (χ3v) is 3.31. The summed E-state index contributed by atoms with van der Waals surface area (Å²) < 4.78 is 18.7. The van der Waals surface area contributed by atoms with Gasteiger partial charge in [-0.15, -0.1) is 0 Å². The smallest absolute Gasteiger partial charge is 0.273 e. The molecule has 3 rings (SSSR count). The molecule has 126 valence electrons. The first-order chi connectivity index (χ1) is 12.1. The zero-order valence-corrected chi connectivity index (χ0v) is 12.9. The molecule has 0 atom stereocenters. The highest BCUT2D eigenvalue weighted by molar-refractivity contribution is 6.04. The second kappa shape index (κ2) is 6.83. The lowest BCUT2D eigenvalue weighted by atomic mass is 10.2. The van der Waals surface area contributed by atoms with Crippen LogP contribution in [0.2, 0.25) is 0 Å². The number of hydrogen-bond acceptors (Lipinski definition) is 4. The lowest BCUT2D eigenvalue weighted by Gasteiger charge is -2.08. The van der Waals surface area contributed by atoms with E-state index in [0.717, 1.165) is 17.7 Å². The molecule has 2 aromatic heterocycles. The Bertz CT molecular complexity index is 931. The third kappa shape index (κ3) is 3.63. The zero-order chi connectivity index (χ0) is 17.8. The van der Waals surface area contributed by atoms with Crippen LogP contribution in [-0.4, -0.2) is 22.0 Å². The van der Waals surface area contributed by atoms with Crippen LogP contribution in [-0.2, 0) is 4.79 Å². The topological polar surface area (TPSA) is 100 Å². The van der Waals surface area contributed by atoms with Crippen molar-refractivity contribution in [1.29, 1.82) is 0 Å². The number of halogens is 1. The van der Waals surface area contributed by atoms with Crippen molar-refractivity contribution < 1.29 is 18.4 Å². The van der Waals surface area contributed by atoms with E-state index in [4.69, 9.17) is 4.42 Å². The predicted octanol–water partition coefficient (Wildman–Crippen LogP) is 3.19. The molecule has 0 unspecified atom stereocenters. The molecule has 0 aliphatic carbocycles. The molecule has 7 nitrogen and oxygen atoms in total. The van der Waals surface area contributed by atoms with Gasteiger partial charge < -0.3 is 15.1 Å². The summed E-state index contributed by atoms with van der Waals surface area (Å²) in [5.41, 5.74) is 1.75. The Balaban J connectivity index is 1.76. The molecule has 0 fully saturated rings. The van der Waals surface area contributed by atoms with E-state index in [9.17, 15) is 14.0 Å². The van der Waals surface area contributed by atoms with Crippen molar-refractivity contribution in [2.45, 2.75) is 0 Å². The van der Waals surface area contributed by atoms with Gasteiger partial charge in [-0.2, -0.15) is 5.10 Å². The van der Waals surface area contributed by atoms with Gasteiger partial charge in [0.05, 0.1) is 23.9 Å². The molecule has 2 amide bonds. The minimum Gasteiger partial charge on any atom is -0.472 e. The molecule has 25 heavy (non-hydrogen) atoms. The predicted molar refractivity (Wildman–Crippen MR) is 89.5 cm³/mol. The largest absolute Gasteiger partial charge is 0.472 e. The summed E-state index contributed by atoms with van der Waals surface area (Å²) in [6.45, 7) is 3.30. The molecule has 0 aliphatic heterocycles. The first-order valence-electron chi connectivity index (χ1n) is 7.19. The molecule has 3 aromatic rings. The van der Waals surface area contributed by atoms with Gasteiger partial charge in [0.25, 0.3) is 5.91 Å². The van der Waals surface area contributed by atoms with E-state index < -0.39 is 17.6 Å². The highest BCUT2D eigenvalue weighted by atomic mass is 19.1. The molecular formula is C17H13FN4O3. The zero-order valence-electron chi connectivity index (χ0n) is 12.9. The molecule has 0 bridgehead atoms. The van der Waals surface area contributed by atoms with Gasteiger partial charge in [-0.25, -0.2) is 4.39 Å². The van der Waals surface area contributed by atoms with E-state index in [2.05, 4.69) is 27.4 Å². The summed E-state index contributed by atoms with van der Waals surface area (Å²) in [6.07, 6.45) is 4.03. The van der Waals surface area contributed by atoms with E-state index in [1.165, 1.54) is 24.7 Å². The van der Waals surface area contributed by atoms with Crippen LogP contribution in [0.3, 0.4) is 0 Å². The monoisotopic (exact) mass is 340 g/mol. The van der Waals surface area contributed by atoms with Crippen molar-refractivity contribution in [3.05, 3.63) is 67.0 Å². The highest BCUT2D eigenvalue weighted by Gasteiger charge is 2.13. The number of nitrogens with zero attached hydrogens (tertiary/aromatic N) is 1. The first kappa shape index (κ1) is 16.2. The lowest BCUT2D eigenvalue weighted by molar-refractivity contribution is -0.111. The van der Waals surface area contributed by atoms with Crippen LogP contribution in [0.4, 0.5) is 15.8 Å². The Hall–Kier alpha value is -3.68. The molecular weight excluding hydrogens is 327 g/mol. The summed E-state index contributed by atoms with van der Waals surface area (Å²) in [5.74, 6) is -1.65. The van der Waals surface area contributed by atoms with Crippen molar-refractivity contribution in [2.75, 3.05) is 10.6 Å². The number of anilines is 2. The first-order valence-corrected chi connectivity index (χ1v) is 7.19. The number of benzene rings is 1. The van der Waals surface area contributed by atoms with Gasteiger partial charge in [0.1, 0.15) is 11.5 Å². The minimum absolute atomic E-state index is 0.0635. The Morgan fingerprint density at radius 3 is 2.80 bits per heavy atom. The van der Waals surface area contributed by atoms with E-state index in [1.807, 2.05) is 0 Å². The van der Waals surface area contributed by atoms with Crippen LogP contribution < -0.4 is 10.6 Å².